The molecule has 0 unspecified atom stereocenters. The fourth-order valence-corrected chi connectivity index (χ4v) is 3.62. The Morgan fingerprint density at radius 1 is 1.31 bits per heavy atom. The molecule has 0 amide bonds. The SMILES string of the molecule is CS(=O)(=O)N1Cc2ncnc(Oc3ccc4[nH]cc(C(=O)O)c4c3)c2C1. The van der Waals surface area contributed by atoms with Crippen LogP contribution in [0.2, 0.25) is 0 Å². The Bertz CT molecular complexity index is 1140. The van der Waals surface area contributed by atoms with Gasteiger partial charge in [-0.05, 0) is 18.2 Å². The number of carboxylic acid groups (broad SMARTS) is 1. The van der Waals surface area contributed by atoms with Gasteiger partial charge in [-0.3, -0.25) is 0 Å². The predicted octanol–water partition coefficient (Wildman–Crippen LogP) is 1.72. The lowest BCUT2D eigenvalue weighted by atomic mass is 10.1. The summed E-state index contributed by atoms with van der Waals surface area (Å²) in [7, 11) is -3.36. The van der Waals surface area contributed by atoms with Crippen molar-refractivity contribution >= 4 is 26.9 Å². The third-order valence-electron chi connectivity index (χ3n) is 4.22. The monoisotopic (exact) mass is 374 g/mol. The van der Waals surface area contributed by atoms with Gasteiger partial charge in [0.05, 0.1) is 29.6 Å². The molecule has 2 aromatic heterocycles. The van der Waals surface area contributed by atoms with E-state index in [1.54, 1.807) is 18.2 Å². The molecule has 134 valence electrons. The zero-order valence-electron chi connectivity index (χ0n) is 13.6. The van der Waals surface area contributed by atoms with Crippen molar-refractivity contribution < 1.29 is 23.1 Å². The van der Waals surface area contributed by atoms with Gasteiger partial charge in [-0.2, -0.15) is 4.31 Å². The minimum atomic E-state index is -3.36. The van der Waals surface area contributed by atoms with Gasteiger partial charge in [-0.1, -0.05) is 0 Å². The van der Waals surface area contributed by atoms with Crippen LogP contribution in [0.1, 0.15) is 21.6 Å². The molecule has 1 aliphatic rings. The Morgan fingerprint density at radius 2 is 2.12 bits per heavy atom. The van der Waals surface area contributed by atoms with Crippen LogP contribution in [0.5, 0.6) is 11.6 Å². The summed E-state index contributed by atoms with van der Waals surface area (Å²) in [6.07, 6.45) is 3.88. The number of hydrogen-bond donors (Lipinski definition) is 2. The topological polar surface area (TPSA) is 125 Å². The maximum absolute atomic E-state index is 11.8. The fourth-order valence-electron chi connectivity index (χ4n) is 2.90. The molecular formula is C16H14N4O5S. The number of nitrogens with one attached hydrogen (secondary N) is 1. The molecule has 4 rings (SSSR count). The van der Waals surface area contributed by atoms with Crippen molar-refractivity contribution in [3.63, 3.8) is 0 Å². The largest absolute Gasteiger partial charge is 0.478 e. The summed E-state index contributed by atoms with van der Waals surface area (Å²) in [5.41, 5.74) is 2.01. The van der Waals surface area contributed by atoms with E-state index < -0.39 is 16.0 Å². The van der Waals surface area contributed by atoms with E-state index in [1.807, 2.05) is 0 Å². The van der Waals surface area contributed by atoms with Gasteiger partial charge in [-0.25, -0.2) is 23.2 Å². The van der Waals surface area contributed by atoms with Gasteiger partial charge in [0.25, 0.3) is 0 Å². The minimum absolute atomic E-state index is 0.136. The standard InChI is InChI=1S/C16H14N4O5S/c1-26(23,24)20-6-12-14(7-20)18-8-19-15(12)25-9-2-3-13-10(4-9)11(5-17-13)16(21)22/h2-5,8,17H,6-7H2,1H3,(H,21,22). The summed E-state index contributed by atoms with van der Waals surface area (Å²) in [4.78, 5) is 22.4. The minimum Gasteiger partial charge on any atom is -0.478 e. The van der Waals surface area contributed by atoms with Crippen molar-refractivity contribution in [2.24, 2.45) is 0 Å². The second-order valence-corrected chi connectivity index (χ2v) is 7.93. The second kappa shape index (κ2) is 5.78. The number of rotatable bonds is 4. The normalized spacial score (nSPS) is 14.5. The molecule has 0 saturated carbocycles. The van der Waals surface area contributed by atoms with Crippen molar-refractivity contribution in [2.45, 2.75) is 13.1 Å². The Labute approximate surface area is 148 Å². The number of carboxylic acids is 1. The molecule has 0 spiro atoms. The molecule has 0 fully saturated rings. The third-order valence-corrected chi connectivity index (χ3v) is 5.42. The number of ether oxygens (including phenoxy) is 1. The lowest BCUT2D eigenvalue weighted by Gasteiger charge is -2.11. The molecule has 0 aliphatic carbocycles. The molecule has 0 atom stereocenters. The Morgan fingerprint density at radius 3 is 2.85 bits per heavy atom. The van der Waals surface area contributed by atoms with E-state index in [0.717, 1.165) is 6.26 Å². The molecule has 26 heavy (non-hydrogen) atoms. The molecule has 1 aliphatic heterocycles. The van der Waals surface area contributed by atoms with Crippen LogP contribution in [0.3, 0.4) is 0 Å². The van der Waals surface area contributed by atoms with Crippen LogP contribution >= 0.6 is 0 Å². The molecule has 0 radical (unpaired) electrons. The van der Waals surface area contributed by atoms with Crippen molar-refractivity contribution in [2.75, 3.05) is 6.26 Å². The Kier molecular flexibility index (Phi) is 3.67. The molecule has 1 aromatic carbocycles. The maximum Gasteiger partial charge on any atom is 0.337 e. The Hall–Kier alpha value is -2.98. The van der Waals surface area contributed by atoms with Crippen LogP contribution < -0.4 is 4.74 Å². The molecular weight excluding hydrogens is 360 g/mol. The van der Waals surface area contributed by atoms with Gasteiger partial charge in [0, 0.05) is 23.6 Å². The first kappa shape index (κ1) is 16.5. The summed E-state index contributed by atoms with van der Waals surface area (Å²) in [5, 5.41) is 9.75. The zero-order valence-corrected chi connectivity index (χ0v) is 14.4. The van der Waals surface area contributed by atoms with Crippen LogP contribution in [0.25, 0.3) is 10.9 Å². The van der Waals surface area contributed by atoms with Crippen LogP contribution in [0.4, 0.5) is 0 Å². The van der Waals surface area contributed by atoms with Crippen LogP contribution in [0, 0.1) is 0 Å². The van der Waals surface area contributed by atoms with Gasteiger partial charge in [-0.15, -0.1) is 0 Å². The molecule has 9 nitrogen and oxygen atoms in total. The smallest absolute Gasteiger partial charge is 0.337 e. The van der Waals surface area contributed by atoms with E-state index in [2.05, 4.69) is 15.0 Å². The quantitative estimate of drug-likeness (QED) is 0.712. The number of aromatic carboxylic acids is 1. The lowest BCUT2D eigenvalue weighted by Crippen LogP contribution is -2.23. The average molecular weight is 374 g/mol. The first-order chi connectivity index (χ1) is 12.3. The molecule has 10 heteroatoms. The molecule has 0 saturated heterocycles. The number of sulfonamides is 1. The van der Waals surface area contributed by atoms with E-state index in [1.165, 1.54) is 16.8 Å². The molecule has 2 N–H and O–H groups in total. The number of hydrogen-bond acceptors (Lipinski definition) is 6. The third kappa shape index (κ3) is 2.78. The molecule has 0 bridgehead atoms. The lowest BCUT2D eigenvalue weighted by molar-refractivity contribution is 0.0699. The highest BCUT2D eigenvalue weighted by molar-refractivity contribution is 7.88. The number of H-pyrrole nitrogens is 1. The van der Waals surface area contributed by atoms with Crippen LogP contribution in [0.15, 0.2) is 30.7 Å². The highest BCUT2D eigenvalue weighted by atomic mass is 32.2. The number of aromatic amines is 1. The number of fused-ring (bicyclic) bond motifs is 2. The predicted molar refractivity (Wildman–Crippen MR) is 91.5 cm³/mol. The first-order valence-electron chi connectivity index (χ1n) is 7.63. The second-order valence-electron chi connectivity index (χ2n) is 5.95. The van der Waals surface area contributed by atoms with Gasteiger partial charge >= 0.3 is 5.97 Å². The number of carbonyl (C=O) groups is 1. The molecule has 3 heterocycles. The van der Waals surface area contributed by atoms with E-state index >= 15 is 0 Å². The van der Waals surface area contributed by atoms with Crippen molar-refractivity contribution in [3.05, 3.63) is 47.5 Å². The highest BCUT2D eigenvalue weighted by Gasteiger charge is 2.30. The summed E-state index contributed by atoms with van der Waals surface area (Å²) in [5.74, 6) is -0.383. The van der Waals surface area contributed by atoms with Gasteiger partial charge in [0.2, 0.25) is 15.9 Å². The van der Waals surface area contributed by atoms with Gasteiger partial charge in [0.15, 0.2) is 0 Å². The average Bonchev–Trinajstić information content (AvgIpc) is 3.18. The maximum atomic E-state index is 11.8. The van der Waals surface area contributed by atoms with Crippen LogP contribution in [-0.2, 0) is 23.1 Å². The van der Waals surface area contributed by atoms with Crippen LogP contribution in [-0.4, -0.2) is 45.0 Å². The van der Waals surface area contributed by atoms with E-state index in [0.29, 0.717) is 27.9 Å². The van der Waals surface area contributed by atoms with Crippen molar-refractivity contribution in [1.29, 1.82) is 0 Å². The number of aromatic nitrogens is 3. The number of nitrogens with zero attached hydrogens (tertiary/aromatic N) is 3. The summed E-state index contributed by atoms with van der Waals surface area (Å²) < 4.78 is 30.6. The first-order valence-corrected chi connectivity index (χ1v) is 9.48. The Balaban J connectivity index is 1.70. The van der Waals surface area contributed by atoms with Crippen molar-refractivity contribution in [3.8, 4) is 11.6 Å². The molecule has 3 aromatic rings. The van der Waals surface area contributed by atoms with Crippen molar-refractivity contribution in [1.82, 2.24) is 19.3 Å². The summed E-state index contributed by atoms with van der Waals surface area (Å²) >= 11 is 0. The summed E-state index contributed by atoms with van der Waals surface area (Å²) in [6, 6.07) is 5.00. The van der Waals surface area contributed by atoms with Gasteiger partial charge in [0.1, 0.15) is 12.1 Å². The fraction of sp³-hybridized carbons (Fsp3) is 0.188. The van der Waals surface area contributed by atoms with E-state index in [9.17, 15) is 18.3 Å². The number of benzene rings is 1. The van der Waals surface area contributed by atoms with E-state index in [-0.39, 0.29) is 24.5 Å². The van der Waals surface area contributed by atoms with Gasteiger partial charge < -0.3 is 14.8 Å². The summed E-state index contributed by atoms with van der Waals surface area (Å²) in [6.45, 7) is 0.310. The van der Waals surface area contributed by atoms with E-state index in [4.69, 9.17) is 4.74 Å². The zero-order chi connectivity index (χ0) is 18.5. The highest BCUT2D eigenvalue weighted by Crippen LogP contribution is 2.33.